The van der Waals surface area contributed by atoms with Crippen LogP contribution in [0, 0.1) is 5.82 Å². The van der Waals surface area contributed by atoms with Gasteiger partial charge in [-0.15, -0.1) is 0 Å². The molecule has 2 N–H and O–H groups in total. The van der Waals surface area contributed by atoms with Crippen LogP contribution in [0.3, 0.4) is 0 Å². The van der Waals surface area contributed by atoms with Crippen molar-refractivity contribution in [2.45, 2.75) is 31.7 Å². The second-order valence-corrected chi connectivity index (χ2v) is 7.45. The number of hydrogen-bond donors (Lipinski definition) is 2. The van der Waals surface area contributed by atoms with E-state index in [1.807, 2.05) is 0 Å². The van der Waals surface area contributed by atoms with Gasteiger partial charge in [0.15, 0.2) is 0 Å². The number of methoxy groups -OCH3 is 1. The molecule has 168 valence electrons. The summed E-state index contributed by atoms with van der Waals surface area (Å²) in [5.74, 6) is -3.07. The fourth-order valence-electron chi connectivity index (χ4n) is 3.77. The van der Waals surface area contributed by atoms with E-state index < -0.39 is 35.3 Å². The molecule has 0 aromatic heterocycles. The van der Waals surface area contributed by atoms with Crippen LogP contribution in [0.5, 0.6) is 5.75 Å². The van der Waals surface area contributed by atoms with Crippen LogP contribution in [0.2, 0.25) is 0 Å². The molecule has 1 fully saturated rings. The zero-order chi connectivity index (χ0) is 23.3. The van der Waals surface area contributed by atoms with Gasteiger partial charge in [0.1, 0.15) is 17.3 Å². The number of carboxylic acids is 1. The van der Waals surface area contributed by atoms with Gasteiger partial charge in [-0.2, -0.15) is 0 Å². The molecular formula is C24H24FNO6. The highest BCUT2D eigenvalue weighted by Crippen LogP contribution is 2.40. The van der Waals surface area contributed by atoms with Crippen LogP contribution in [-0.4, -0.2) is 46.4 Å². The first-order valence-corrected chi connectivity index (χ1v) is 10.2. The van der Waals surface area contributed by atoms with E-state index in [0.29, 0.717) is 30.6 Å². The molecule has 1 aliphatic heterocycles. The van der Waals surface area contributed by atoms with E-state index in [9.17, 15) is 23.9 Å². The number of nitrogens with zero attached hydrogens (tertiary/aromatic N) is 1. The third-order valence-electron chi connectivity index (χ3n) is 5.39. The van der Waals surface area contributed by atoms with E-state index in [-0.39, 0.29) is 24.1 Å². The Balaban J connectivity index is 1.99. The summed E-state index contributed by atoms with van der Waals surface area (Å²) in [4.78, 5) is 37.6. The van der Waals surface area contributed by atoms with Crippen LogP contribution in [-0.2, 0) is 14.4 Å². The van der Waals surface area contributed by atoms with Gasteiger partial charge >= 0.3 is 5.97 Å². The first kappa shape index (κ1) is 23.0. The van der Waals surface area contributed by atoms with E-state index in [0.717, 1.165) is 0 Å². The number of unbranched alkanes of at least 4 members (excludes halogenated alkanes) is 2. The Morgan fingerprint density at radius 2 is 1.72 bits per heavy atom. The van der Waals surface area contributed by atoms with Crippen molar-refractivity contribution in [3.05, 3.63) is 71.0 Å². The highest BCUT2D eigenvalue weighted by Gasteiger charge is 2.46. The molecule has 8 heteroatoms. The predicted octanol–water partition coefficient (Wildman–Crippen LogP) is 3.90. The lowest BCUT2D eigenvalue weighted by molar-refractivity contribution is -0.140. The van der Waals surface area contributed by atoms with E-state index in [4.69, 9.17) is 9.84 Å². The number of halogens is 1. The lowest BCUT2D eigenvalue weighted by Crippen LogP contribution is -2.31. The van der Waals surface area contributed by atoms with Crippen LogP contribution in [0.4, 0.5) is 4.39 Å². The second-order valence-electron chi connectivity index (χ2n) is 7.45. The van der Waals surface area contributed by atoms with Gasteiger partial charge in [0, 0.05) is 24.1 Å². The quantitative estimate of drug-likeness (QED) is 0.265. The van der Waals surface area contributed by atoms with Crippen LogP contribution >= 0.6 is 0 Å². The predicted molar refractivity (Wildman–Crippen MR) is 115 cm³/mol. The standard InChI is InChI=1S/C24H24FNO6/c1-32-16-12-10-15(11-13-16)22(29)20-21(17-7-4-5-8-18(17)25)26(24(31)23(20)30)14-6-2-3-9-19(27)28/h4-5,7-8,10-13,21,29H,2-3,6,9,14H2,1H3,(H,27,28)/t21-/m1/s1. The fourth-order valence-corrected chi connectivity index (χ4v) is 3.77. The Labute approximate surface area is 184 Å². The Kier molecular flexibility index (Phi) is 7.25. The highest BCUT2D eigenvalue weighted by molar-refractivity contribution is 6.46. The maximum atomic E-state index is 14.7. The van der Waals surface area contributed by atoms with Gasteiger partial charge in [0.25, 0.3) is 11.7 Å². The molecule has 0 bridgehead atoms. The average Bonchev–Trinajstić information content (AvgIpc) is 3.03. The van der Waals surface area contributed by atoms with Crippen molar-refractivity contribution in [3.63, 3.8) is 0 Å². The molecule has 0 aliphatic carbocycles. The number of ether oxygens (including phenoxy) is 1. The maximum Gasteiger partial charge on any atom is 0.303 e. The Morgan fingerprint density at radius 1 is 1.03 bits per heavy atom. The first-order valence-electron chi connectivity index (χ1n) is 10.2. The zero-order valence-electron chi connectivity index (χ0n) is 17.6. The summed E-state index contributed by atoms with van der Waals surface area (Å²) in [6.45, 7) is 0.128. The largest absolute Gasteiger partial charge is 0.507 e. The summed E-state index contributed by atoms with van der Waals surface area (Å²) in [5, 5.41) is 19.7. The molecule has 1 heterocycles. The minimum Gasteiger partial charge on any atom is -0.507 e. The number of carboxylic acid groups (broad SMARTS) is 1. The van der Waals surface area contributed by atoms with E-state index >= 15 is 0 Å². The summed E-state index contributed by atoms with van der Waals surface area (Å²) >= 11 is 0. The number of rotatable bonds is 9. The van der Waals surface area contributed by atoms with Crippen molar-refractivity contribution in [1.29, 1.82) is 0 Å². The third kappa shape index (κ3) is 4.80. The smallest absolute Gasteiger partial charge is 0.303 e. The van der Waals surface area contributed by atoms with Crippen LogP contribution < -0.4 is 4.74 Å². The lowest BCUT2D eigenvalue weighted by atomic mass is 9.95. The molecule has 0 radical (unpaired) electrons. The molecule has 1 aliphatic rings. The Morgan fingerprint density at radius 3 is 2.34 bits per heavy atom. The molecule has 7 nitrogen and oxygen atoms in total. The molecule has 1 saturated heterocycles. The monoisotopic (exact) mass is 441 g/mol. The number of carbonyl (C=O) groups excluding carboxylic acids is 2. The number of amides is 1. The number of aliphatic hydroxyl groups excluding tert-OH is 1. The first-order chi connectivity index (χ1) is 15.3. The van der Waals surface area contributed by atoms with Gasteiger partial charge < -0.3 is 19.8 Å². The number of benzene rings is 2. The molecule has 32 heavy (non-hydrogen) atoms. The van der Waals surface area contributed by atoms with E-state index in [2.05, 4.69) is 0 Å². The Hall–Kier alpha value is -3.68. The van der Waals surface area contributed by atoms with E-state index in [1.54, 1.807) is 30.3 Å². The van der Waals surface area contributed by atoms with Crippen molar-refractivity contribution in [2.75, 3.05) is 13.7 Å². The van der Waals surface area contributed by atoms with Crippen LogP contribution in [0.15, 0.2) is 54.1 Å². The summed E-state index contributed by atoms with van der Waals surface area (Å²) in [7, 11) is 1.50. The number of aliphatic hydroxyl groups is 1. The molecule has 0 saturated carbocycles. The van der Waals surface area contributed by atoms with Crippen molar-refractivity contribution < 1.29 is 33.7 Å². The molecule has 3 rings (SSSR count). The van der Waals surface area contributed by atoms with Crippen molar-refractivity contribution in [2.24, 2.45) is 0 Å². The minimum absolute atomic E-state index is 0.00697. The Bertz CT molecular complexity index is 1050. The highest BCUT2D eigenvalue weighted by atomic mass is 19.1. The van der Waals surface area contributed by atoms with Gasteiger partial charge in [0.05, 0.1) is 18.7 Å². The fraction of sp³-hybridized carbons (Fsp3) is 0.292. The summed E-state index contributed by atoms with van der Waals surface area (Å²) in [6, 6.07) is 11.0. The molecule has 0 spiro atoms. The molecule has 0 unspecified atom stereocenters. The number of Topliss-reactive ketones (excluding diaryl/α,β-unsaturated/α-hetero) is 1. The van der Waals surface area contributed by atoms with Gasteiger partial charge in [-0.25, -0.2) is 4.39 Å². The number of hydrogen-bond acceptors (Lipinski definition) is 5. The number of aliphatic carboxylic acids is 1. The van der Waals surface area contributed by atoms with Gasteiger partial charge in [-0.3, -0.25) is 14.4 Å². The van der Waals surface area contributed by atoms with Gasteiger partial charge in [-0.1, -0.05) is 24.6 Å². The number of likely N-dealkylation sites (tertiary alicyclic amines) is 1. The third-order valence-corrected chi connectivity index (χ3v) is 5.39. The molecule has 1 atom stereocenters. The SMILES string of the molecule is COc1ccc(C(O)=C2C(=O)C(=O)N(CCCCCC(=O)O)[C@@H]2c2ccccc2F)cc1. The van der Waals surface area contributed by atoms with Gasteiger partial charge in [0.2, 0.25) is 0 Å². The normalized spacial score (nSPS) is 17.6. The zero-order valence-corrected chi connectivity index (χ0v) is 17.6. The summed E-state index contributed by atoms with van der Waals surface area (Å²) < 4.78 is 19.8. The lowest BCUT2D eigenvalue weighted by Gasteiger charge is -2.25. The number of carbonyl (C=O) groups is 3. The number of ketones is 1. The van der Waals surface area contributed by atoms with E-state index in [1.165, 1.54) is 30.2 Å². The summed E-state index contributed by atoms with van der Waals surface area (Å²) in [6.07, 6.45) is 1.40. The molecule has 2 aromatic rings. The maximum absolute atomic E-state index is 14.7. The second kappa shape index (κ2) is 10.1. The van der Waals surface area contributed by atoms with Crippen molar-refractivity contribution >= 4 is 23.4 Å². The topological polar surface area (TPSA) is 104 Å². The molecule has 2 aromatic carbocycles. The van der Waals surface area contributed by atoms with Crippen molar-refractivity contribution in [1.82, 2.24) is 4.90 Å². The average molecular weight is 441 g/mol. The minimum atomic E-state index is -1.09. The molecule has 1 amide bonds. The molecular weight excluding hydrogens is 417 g/mol. The van der Waals surface area contributed by atoms with Crippen LogP contribution in [0.25, 0.3) is 5.76 Å². The summed E-state index contributed by atoms with van der Waals surface area (Å²) in [5.41, 5.74) is 0.217. The van der Waals surface area contributed by atoms with Crippen LogP contribution in [0.1, 0.15) is 42.9 Å². The van der Waals surface area contributed by atoms with Crippen molar-refractivity contribution in [3.8, 4) is 5.75 Å². The van der Waals surface area contributed by atoms with Gasteiger partial charge in [-0.05, 0) is 43.2 Å².